The monoisotopic (exact) mass is 259 g/mol. The van der Waals surface area contributed by atoms with E-state index in [4.69, 9.17) is 0 Å². The number of amides is 1. The molecule has 1 fully saturated rings. The van der Waals surface area contributed by atoms with Gasteiger partial charge in [0.05, 0.1) is 5.92 Å². The van der Waals surface area contributed by atoms with Crippen molar-refractivity contribution in [1.82, 2.24) is 0 Å². The van der Waals surface area contributed by atoms with E-state index in [1.807, 2.05) is 39.0 Å². The van der Waals surface area contributed by atoms with Gasteiger partial charge in [0.15, 0.2) is 0 Å². The van der Waals surface area contributed by atoms with E-state index < -0.39 is 5.92 Å². The number of nitrogens with zero attached hydrogens (tertiary/aromatic N) is 1. The molecule has 1 aromatic rings. The maximum Gasteiger partial charge on any atom is 0.237 e. The molecular weight excluding hydrogens is 238 g/mol. The number of benzene rings is 1. The normalized spacial score (nSPS) is 19.6. The molecular formula is C16H21NO2. The first-order valence-corrected chi connectivity index (χ1v) is 6.96. The lowest BCUT2D eigenvalue weighted by molar-refractivity contribution is -0.133. The Kier molecular flexibility index (Phi) is 4.03. The highest BCUT2D eigenvalue weighted by Gasteiger charge is 2.34. The first kappa shape index (κ1) is 13.8. The average Bonchev–Trinajstić information content (AvgIpc) is 2.41. The third-order valence-electron chi connectivity index (χ3n) is 3.83. The van der Waals surface area contributed by atoms with Crippen molar-refractivity contribution in [2.24, 2.45) is 5.92 Å². The van der Waals surface area contributed by atoms with Crippen molar-refractivity contribution in [3.8, 4) is 0 Å². The maximum absolute atomic E-state index is 12.5. The largest absolute Gasteiger partial charge is 0.312 e. The Hall–Kier alpha value is -1.64. The molecule has 0 radical (unpaired) electrons. The molecule has 19 heavy (non-hydrogen) atoms. The van der Waals surface area contributed by atoms with Crippen LogP contribution >= 0.6 is 0 Å². The van der Waals surface area contributed by atoms with Gasteiger partial charge < -0.3 is 4.90 Å². The van der Waals surface area contributed by atoms with Crippen LogP contribution in [-0.4, -0.2) is 18.2 Å². The molecule has 1 heterocycles. The fourth-order valence-corrected chi connectivity index (χ4v) is 2.67. The van der Waals surface area contributed by atoms with E-state index in [0.717, 1.165) is 29.8 Å². The van der Waals surface area contributed by atoms with Gasteiger partial charge >= 0.3 is 0 Å². The van der Waals surface area contributed by atoms with E-state index in [2.05, 4.69) is 0 Å². The number of ketones is 1. The van der Waals surface area contributed by atoms with Crippen molar-refractivity contribution in [3.63, 3.8) is 0 Å². The zero-order valence-electron chi connectivity index (χ0n) is 11.9. The topological polar surface area (TPSA) is 37.4 Å². The van der Waals surface area contributed by atoms with Gasteiger partial charge in [0.1, 0.15) is 5.78 Å². The van der Waals surface area contributed by atoms with Crippen molar-refractivity contribution < 1.29 is 9.59 Å². The smallest absolute Gasteiger partial charge is 0.237 e. The molecule has 0 saturated carbocycles. The number of hydrogen-bond acceptors (Lipinski definition) is 2. The van der Waals surface area contributed by atoms with E-state index >= 15 is 0 Å². The quantitative estimate of drug-likeness (QED) is 0.782. The summed E-state index contributed by atoms with van der Waals surface area (Å²) >= 11 is 0. The Balaban J connectivity index is 2.31. The molecule has 0 bridgehead atoms. The lowest BCUT2D eigenvalue weighted by Gasteiger charge is -2.32. The number of aryl methyl sites for hydroxylation is 2. The van der Waals surface area contributed by atoms with Crippen molar-refractivity contribution in [2.45, 2.75) is 40.0 Å². The molecule has 1 atom stereocenters. The van der Waals surface area contributed by atoms with Crippen LogP contribution in [0.15, 0.2) is 18.2 Å². The molecule has 0 N–H and O–H groups in total. The number of carbonyl (C=O) groups is 2. The van der Waals surface area contributed by atoms with Gasteiger partial charge in [-0.15, -0.1) is 0 Å². The zero-order valence-corrected chi connectivity index (χ0v) is 11.9. The first-order chi connectivity index (χ1) is 9.04. The molecule has 3 heteroatoms. The Labute approximate surface area is 114 Å². The molecule has 2 rings (SSSR count). The fourth-order valence-electron chi connectivity index (χ4n) is 2.67. The van der Waals surface area contributed by atoms with E-state index in [0.29, 0.717) is 12.8 Å². The summed E-state index contributed by atoms with van der Waals surface area (Å²) in [5, 5.41) is 0. The van der Waals surface area contributed by atoms with Crippen LogP contribution in [-0.2, 0) is 9.59 Å². The summed E-state index contributed by atoms with van der Waals surface area (Å²) in [5.41, 5.74) is 3.18. The Bertz CT molecular complexity index is 507. The highest BCUT2D eigenvalue weighted by atomic mass is 16.2. The van der Waals surface area contributed by atoms with Crippen LogP contribution in [0.5, 0.6) is 0 Å². The fraction of sp³-hybridized carbons (Fsp3) is 0.500. The van der Waals surface area contributed by atoms with Crippen LogP contribution in [0.2, 0.25) is 0 Å². The van der Waals surface area contributed by atoms with Gasteiger partial charge in [0.2, 0.25) is 5.91 Å². The van der Waals surface area contributed by atoms with Crippen LogP contribution in [0, 0.1) is 19.8 Å². The van der Waals surface area contributed by atoms with Crippen molar-refractivity contribution in [2.75, 3.05) is 11.4 Å². The van der Waals surface area contributed by atoms with Crippen molar-refractivity contribution in [3.05, 3.63) is 29.3 Å². The van der Waals surface area contributed by atoms with E-state index in [-0.39, 0.29) is 11.7 Å². The molecule has 3 nitrogen and oxygen atoms in total. The lowest BCUT2D eigenvalue weighted by atomic mass is 9.91. The predicted octanol–water partition coefficient (Wildman–Crippen LogP) is 3.03. The minimum Gasteiger partial charge on any atom is -0.312 e. The summed E-state index contributed by atoms with van der Waals surface area (Å²) in [7, 11) is 0. The second-order valence-electron chi connectivity index (χ2n) is 5.29. The van der Waals surface area contributed by atoms with Crippen molar-refractivity contribution >= 4 is 17.4 Å². The van der Waals surface area contributed by atoms with Gasteiger partial charge in [-0.3, -0.25) is 9.59 Å². The number of carbonyl (C=O) groups excluding carboxylic acids is 2. The second kappa shape index (κ2) is 5.55. The summed E-state index contributed by atoms with van der Waals surface area (Å²) in [6.45, 7) is 6.57. The minimum atomic E-state index is -0.432. The molecule has 1 aliphatic rings. The van der Waals surface area contributed by atoms with Gasteiger partial charge in [-0.1, -0.05) is 19.1 Å². The van der Waals surface area contributed by atoms with E-state index in [1.54, 1.807) is 4.90 Å². The minimum absolute atomic E-state index is 0.0215. The maximum atomic E-state index is 12.5. The van der Waals surface area contributed by atoms with Gasteiger partial charge in [0, 0.05) is 18.7 Å². The molecule has 102 valence electrons. The Morgan fingerprint density at radius 2 is 2.11 bits per heavy atom. The van der Waals surface area contributed by atoms with Gasteiger partial charge in [0.25, 0.3) is 0 Å². The van der Waals surface area contributed by atoms with Crippen LogP contribution in [0.1, 0.15) is 37.3 Å². The average molecular weight is 259 g/mol. The second-order valence-corrected chi connectivity index (χ2v) is 5.29. The molecule has 1 saturated heterocycles. The van der Waals surface area contributed by atoms with E-state index in [1.165, 1.54) is 0 Å². The molecule has 1 amide bonds. The molecule has 0 unspecified atom stereocenters. The Morgan fingerprint density at radius 3 is 2.79 bits per heavy atom. The third-order valence-corrected chi connectivity index (χ3v) is 3.83. The zero-order chi connectivity index (χ0) is 14.0. The first-order valence-electron chi connectivity index (χ1n) is 6.96. The summed E-state index contributed by atoms with van der Waals surface area (Å²) in [6, 6.07) is 6.11. The summed E-state index contributed by atoms with van der Waals surface area (Å²) < 4.78 is 0. The van der Waals surface area contributed by atoms with E-state index in [9.17, 15) is 9.59 Å². The highest BCUT2D eigenvalue weighted by Crippen LogP contribution is 2.28. The van der Waals surface area contributed by atoms with Crippen LogP contribution in [0.25, 0.3) is 0 Å². The van der Waals surface area contributed by atoms with Crippen LogP contribution in [0.4, 0.5) is 5.69 Å². The third kappa shape index (κ3) is 2.70. The summed E-state index contributed by atoms with van der Waals surface area (Å²) in [6.07, 6.45) is 2.04. The molecule has 0 aliphatic carbocycles. The number of anilines is 1. The van der Waals surface area contributed by atoms with Gasteiger partial charge in [-0.05, 0) is 43.9 Å². The number of piperidine rings is 1. The standard InChI is InChI=1S/C16H21NO2/c1-4-15(18)13-6-5-9-17(16(13)19)14-10-11(2)7-8-12(14)3/h7-8,10,13H,4-6,9H2,1-3H3/t13-/m1/s1. The molecule has 0 spiro atoms. The number of Topliss-reactive ketones (excluding diaryl/α,β-unsaturated/α-hetero) is 1. The predicted molar refractivity (Wildman–Crippen MR) is 76.3 cm³/mol. The van der Waals surface area contributed by atoms with Gasteiger partial charge in [-0.2, -0.15) is 0 Å². The summed E-state index contributed by atoms with van der Waals surface area (Å²) in [4.78, 5) is 26.1. The number of rotatable bonds is 3. The Morgan fingerprint density at radius 1 is 1.37 bits per heavy atom. The molecule has 1 aliphatic heterocycles. The lowest BCUT2D eigenvalue weighted by Crippen LogP contribution is -2.44. The van der Waals surface area contributed by atoms with Crippen LogP contribution < -0.4 is 4.90 Å². The van der Waals surface area contributed by atoms with Gasteiger partial charge in [-0.25, -0.2) is 0 Å². The molecule has 0 aromatic heterocycles. The summed E-state index contributed by atoms with van der Waals surface area (Å²) in [5.74, 6) is -0.384. The number of hydrogen-bond donors (Lipinski definition) is 0. The van der Waals surface area contributed by atoms with Crippen LogP contribution in [0.3, 0.4) is 0 Å². The highest BCUT2D eigenvalue weighted by molar-refractivity contribution is 6.09. The molecule has 1 aromatic carbocycles. The van der Waals surface area contributed by atoms with Crippen molar-refractivity contribution in [1.29, 1.82) is 0 Å². The SMILES string of the molecule is CCC(=O)[C@H]1CCCN(c2cc(C)ccc2C)C1=O.